The zero-order valence-corrected chi connectivity index (χ0v) is 10.00. The molecule has 1 fully saturated rings. The summed E-state index contributed by atoms with van der Waals surface area (Å²) in [5.74, 6) is 0. The van der Waals surface area contributed by atoms with Crippen molar-refractivity contribution in [1.29, 1.82) is 0 Å². The second-order valence-electron chi connectivity index (χ2n) is 5.39. The van der Waals surface area contributed by atoms with Gasteiger partial charge in [0.15, 0.2) is 0 Å². The number of benzene rings is 1. The van der Waals surface area contributed by atoms with Gasteiger partial charge in [-0.3, -0.25) is 0 Å². The fourth-order valence-corrected chi connectivity index (χ4v) is 3.08. The predicted octanol–water partition coefficient (Wildman–Crippen LogP) is 2.19. The molecule has 86 valence electrons. The van der Waals surface area contributed by atoms with Crippen LogP contribution in [0.3, 0.4) is 0 Å². The van der Waals surface area contributed by atoms with Crippen LogP contribution in [0.2, 0.25) is 0 Å². The highest BCUT2D eigenvalue weighted by Crippen LogP contribution is 2.30. The minimum absolute atomic E-state index is 0.331. The van der Waals surface area contributed by atoms with E-state index in [1.165, 1.54) is 43.6 Å². The van der Waals surface area contributed by atoms with E-state index in [2.05, 4.69) is 41.4 Å². The second kappa shape index (κ2) is 3.77. The summed E-state index contributed by atoms with van der Waals surface area (Å²) in [6.07, 6.45) is 3.85. The van der Waals surface area contributed by atoms with E-state index in [9.17, 15) is 0 Å². The van der Waals surface area contributed by atoms with Crippen LogP contribution in [0.25, 0.3) is 0 Å². The van der Waals surface area contributed by atoms with Gasteiger partial charge < -0.3 is 10.2 Å². The topological polar surface area (TPSA) is 15.3 Å². The first kappa shape index (κ1) is 10.2. The zero-order chi connectivity index (χ0) is 11.0. The van der Waals surface area contributed by atoms with E-state index >= 15 is 0 Å². The molecular formula is C14H20N2. The first-order chi connectivity index (χ1) is 7.77. The van der Waals surface area contributed by atoms with Crippen LogP contribution < -0.4 is 10.2 Å². The number of nitrogens with zero attached hydrogens (tertiary/aromatic N) is 1. The van der Waals surface area contributed by atoms with Gasteiger partial charge >= 0.3 is 0 Å². The molecule has 1 saturated heterocycles. The van der Waals surface area contributed by atoms with Gasteiger partial charge in [-0.2, -0.15) is 0 Å². The number of hydrogen-bond donors (Lipinski definition) is 1. The van der Waals surface area contributed by atoms with Gasteiger partial charge in [0.1, 0.15) is 0 Å². The predicted molar refractivity (Wildman–Crippen MR) is 68.0 cm³/mol. The number of nitrogens with one attached hydrogen (secondary N) is 1. The molecule has 0 bridgehead atoms. The summed E-state index contributed by atoms with van der Waals surface area (Å²) in [5.41, 5.74) is 3.30. The van der Waals surface area contributed by atoms with Gasteiger partial charge in [0.25, 0.3) is 0 Å². The average Bonchev–Trinajstić information content (AvgIpc) is 2.87. The summed E-state index contributed by atoms with van der Waals surface area (Å²) in [4.78, 5) is 2.55. The van der Waals surface area contributed by atoms with Crippen molar-refractivity contribution in [2.45, 2.75) is 31.7 Å². The van der Waals surface area contributed by atoms with Crippen LogP contribution in [0.1, 0.15) is 25.3 Å². The van der Waals surface area contributed by atoms with Crippen LogP contribution in [0.5, 0.6) is 0 Å². The van der Waals surface area contributed by atoms with Crippen LogP contribution in [-0.2, 0) is 6.42 Å². The maximum Gasteiger partial charge on any atom is 0.0400 e. The molecule has 2 aliphatic rings. The van der Waals surface area contributed by atoms with Crippen molar-refractivity contribution >= 4 is 5.69 Å². The van der Waals surface area contributed by atoms with Crippen LogP contribution >= 0.6 is 0 Å². The van der Waals surface area contributed by atoms with E-state index in [1.54, 1.807) is 0 Å². The Morgan fingerprint density at radius 1 is 1.38 bits per heavy atom. The molecule has 2 heterocycles. The lowest BCUT2D eigenvalue weighted by Gasteiger charge is -2.31. The molecule has 1 N–H and O–H groups in total. The second-order valence-corrected chi connectivity index (χ2v) is 5.39. The number of rotatable bonds is 2. The molecule has 1 unspecified atom stereocenters. The van der Waals surface area contributed by atoms with E-state index in [1.807, 2.05) is 0 Å². The van der Waals surface area contributed by atoms with Gasteiger partial charge in [0.2, 0.25) is 0 Å². The third-order valence-corrected chi connectivity index (χ3v) is 3.98. The summed E-state index contributed by atoms with van der Waals surface area (Å²) in [6, 6.07) is 8.83. The molecule has 16 heavy (non-hydrogen) atoms. The normalized spacial score (nSPS) is 28.4. The highest BCUT2D eigenvalue weighted by Gasteiger charge is 2.32. The molecule has 2 nitrogen and oxygen atoms in total. The Kier molecular flexibility index (Phi) is 2.40. The number of anilines is 1. The SMILES string of the molecule is CC1(CN2CCc3ccccc32)CCCN1. The third kappa shape index (κ3) is 1.71. The maximum atomic E-state index is 3.65. The van der Waals surface area contributed by atoms with Gasteiger partial charge in [0, 0.05) is 24.3 Å². The number of para-hydroxylation sites is 1. The van der Waals surface area contributed by atoms with Gasteiger partial charge in [-0.25, -0.2) is 0 Å². The Morgan fingerprint density at radius 3 is 3.06 bits per heavy atom. The van der Waals surface area contributed by atoms with Crippen molar-refractivity contribution in [3.05, 3.63) is 29.8 Å². The Bertz CT molecular complexity index is 380. The summed E-state index contributed by atoms with van der Waals surface area (Å²) < 4.78 is 0. The molecule has 0 amide bonds. The molecule has 0 spiro atoms. The van der Waals surface area contributed by atoms with Gasteiger partial charge in [0.05, 0.1) is 0 Å². The van der Waals surface area contributed by atoms with Crippen molar-refractivity contribution in [1.82, 2.24) is 5.32 Å². The minimum atomic E-state index is 0.331. The molecule has 0 saturated carbocycles. The smallest absolute Gasteiger partial charge is 0.0400 e. The van der Waals surface area contributed by atoms with E-state index in [-0.39, 0.29) is 0 Å². The van der Waals surface area contributed by atoms with E-state index in [0.29, 0.717) is 5.54 Å². The Morgan fingerprint density at radius 2 is 2.25 bits per heavy atom. The van der Waals surface area contributed by atoms with E-state index in [4.69, 9.17) is 0 Å². The highest BCUT2D eigenvalue weighted by atomic mass is 15.2. The third-order valence-electron chi connectivity index (χ3n) is 3.98. The van der Waals surface area contributed by atoms with Crippen LogP contribution in [0.4, 0.5) is 5.69 Å². The molecule has 1 aromatic rings. The van der Waals surface area contributed by atoms with Crippen molar-refractivity contribution < 1.29 is 0 Å². The summed E-state index contributed by atoms with van der Waals surface area (Å²) in [5, 5.41) is 3.65. The lowest BCUT2D eigenvalue weighted by Crippen LogP contribution is -2.47. The molecule has 1 atom stereocenters. The zero-order valence-electron chi connectivity index (χ0n) is 10.00. The van der Waals surface area contributed by atoms with Crippen molar-refractivity contribution in [3.8, 4) is 0 Å². The standard InChI is InChI=1S/C14H20N2/c1-14(8-4-9-15-14)11-16-10-7-12-5-2-3-6-13(12)16/h2-3,5-6,15H,4,7-11H2,1H3. The molecule has 0 aliphatic carbocycles. The molecule has 0 aromatic heterocycles. The van der Waals surface area contributed by atoms with Gasteiger partial charge in [-0.05, 0) is 44.4 Å². The Labute approximate surface area is 97.6 Å². The van der Waals surface area contributed by atoms with Gasteiger partial charge in [-0.1, -0.05) is 18.2 Å². The fraction of sp³-hybridized carbons (Fsp3) is 0.571. The van der Waals surface area contributed by atoms with Crippen LogP contribution in [0, 0.1) is 0 Å². The number of hydrogen-bond acceptors (Lipinski definition) is 2. The van der Waals surface area contributed by atoms with Crippen LogP contribution in [-0.4, -0.2) is 25.2 Å². The Hall–Kier alpha value is -1.02. The molecule has 2 heteroatoms. The highest BCUT2D eigenvalue weighted by molar-refractivity contribution is 5.58. The molecule has 1 aromatic carbocycles. The average molecular weight is 216 g/mol. The van der Waals surface area contributed by atoms with E-state index in [0.717, 1.165) is 6.54 Å². The minimum Gasteiger partial charge on any atom is -0.369 e. The largest absolute Gasteiger partial charge is 0.369 e. The lowest BCUT2D eigenvalue weighted by atomic mass is 9.99. The molecule has 2 aliphatic heterocycles. The van der Waals surface area contributed by atoms with Gasteiger partial charge in [-0.15, -0.1) is 0 Å². The van der Waals surface area contributed by atoms with Crippen LogP contribution in [0.15, 0.2) is 24.3 Å². The number of fused-ring (bicyclic) bond motifs is 1. The first-order valence-electron chi connectivity index (χ1n) is 6.35. The summed E-state index contributed by atoms with van der Waals surface area (Å²) in [6.45, 7) is 5.90. The fourth-order valence-electron chi connectivity index (χ4n) is 3.08. The lowest BCUT2D eigenvalue weighted by molar-refractivity contribution is 0.414. The van der Waals surface area contributed by atoms with Crippen molar-refractivity contribution in [3.63, 3.8) is 0 Å². The van der Waals surface area contributed by atoms with Crippen molar-refractivity contribution in [2.24, 2.45) is 0 Å². The summed E-state index contributed by atoms with van der Waals surface area (Å²) in [7, 11) is 0. The molecule has 3 rings (SSSR count). The monoisotopic (exact) mass is 216 g/mol. The quantitative estimate of drug-likeness (QED) is 0.815. The first-order valence-corrected chi connectivity index (χ1v) is 6.35. The molecule has 0 radical (unpaired) electrons. The Balaban J connectivity index is 1.78. The van der Waals surface area contributed by atoms with Crippen molar-refractivity contribution in [2.75, 3.05) is 24.5 Å². The summed E-state index contributed by atoms with van der Waals surface area (Å²) >= 11 is 0. The molecular weight excluding hydrogens is 196 g/mol. The van der Waals surface area contributed by atoms with E-state index < -0.39 is 0 Å². The maximum absolute atomic E-state index is 3.65.